The smallest absolute Gasteiger partial charge is 0.205 e. The zero-order valence-electron chi connectivity index (χ0n) is 5.16. The van der Waals surface area contributed by atoms with E-state index in [1.54, 1.807) is 6.07 Å². The maximum Gasteiger partial charge on any atom is 0.205 e. The number of hydrogen-bond donors (Lipinski definition) is 0. The van der Waals surface area contributed by atoms with Crippen molar-refractivity contribution in [3.05, 3.63) is 37.1 Å². The summed E-state index contributed by atoms with van der Waals surface area (Å²) in [6.07, 6.45) is 0. The fourth-order valence-electron chi connectivity index (χ4n) is 0.872. The predicted molar refractivity (Wildman–Crippen MR) is 36.4 cm³/mol. The number of oxazole rings is 1. The van der Waals surface area contributed by atoms with Gasteiger partial charge in [0, 0.05) is 0 Å². The van der Waals surface area contributed by atoms with Crippen LogP contribution in [0.3, 0.4) is 0 Å². The number of rotatable bonds is 0. The van der Waals surface area contributed by atoms with Crippen LogP contribution in [0.15, 0.2) is 28.7 Å². The van der Waals surface area contributed by atoms with Crippen LogP contribution >= 0.6 is 0 Å². The second-order valence-electron chi connectivity index (χ2n) is 1.99. The van der Waals surface area contributed by atoms with E-state index < -0.39 is 0 Å². The van der Waals surface area contributed by atoms with Crippen molar-refractivity contribution in [1.29, 1.82) is 0 Å². The number of benzene rings is 1. The minimum atomic E-state index is -0.0267. The minimum Gasteiger partial charge on any atom is -0.440 e. The molecule has 0 unspecified atom stereocenters. The molecule has 0 fully saturated rings. The maximum atomic E-state index is 7.05. The molecule has 1 heterocycles. The van der Waals surface area contributed by atoms with Crippen LogP contribution in [0.2, 0.25) is 0 Å². The van der Waals surface area contributed by atoms with Crippen LogP contribution < -0.4 is 0 Å². The van der Waals surface area contributed by atoms with Gasteiger partial charge in [-0.1, -0.05) is 12.1 Å². The quantitative estimate of drug-likeness (QED) is 0.543. The van der Waals surface area contributed by atoms with Crippen molar-refractivity contribution in [2.75, 3.05) is 0 Å². The highest BCUT2D eigenvalue weighted by Gasteiger charge is 1.97. The van der Waals surface area contributed by atoms with Crippen LogP contribution in [0.4, 0.5) is 0 Å². The van der Waals surface area contributed by atoms with Crippen LogP contribution in [0, 0.1) is 6.92 Å². The van der Waals surface area contributed by atoms with Gasteiger partial charge in [-0.25, -0.2) is 4.98 Å². The molecular weight excluding hydrogens is 126 g/mol. The fraction of sp³-hybridized carbons (Fsp3) is 0. The highest BCUT2D eigenvalue weighted by molar-refractivity contribution is 5.72. The first-order valence-electron chi connectivity index (χ1n) is 2.93. The SMILES string of the molecule is [C]c1nc2ccccc2o1. The summed E-state index contributed by atoms with van der Waals surface area (Å²) in [4.78, 5) is 3.81. The molecule has 0 saturated heterocycles. The molecule has 10 heavy (non-hydrogen) atoms. The minimum absolute atomic E-state index is 0.0267. The number of nitrogens with zero attached hydrogens (tertiary/aromatic N) is 1. The van der Waals surface area contributed by atoms with Gasteiger partial charge >= 0.3 is 0 Å². The van der Waals surface area contributed by atoms with Crippen molar-refractivity contribution >= 4 is 11.1 Å². The van der Waals surface area contributed by atoms with E-state index in [0.717, 1.165) is 5.52 Å². The van der Waals surface area contributed by atoms with Crippen LogP contribution in [0.5, 0.6) is 0 Å². The van der Waals surface area contributed by atoms with Crippen molar-refractivity contribution in [2.24, 2.45) is 0 Å². The number of para-hydroxylation sites is 2. The molecular formula is C8H4NO. The first-order chi connectivity index (χ1) is 4.86. The lowest BCUT2D eigenvalue weighted by Crippen LogP contribution is -1.65. The fourth-order valence-corrected chi connectivity index (χ4v) is 0.872. The molecule has 2 heteroatoms. The molecule has 0 spiro atoms. The number of aromatic nitrogens is 1. The summed E-state index contributed by atoms with van der Waals surface area (Å²) in [5.74, 6) is -0.0267. The molecule has 0 aliphatic carbocycles. The summed E-state index contributed by atoms with van der Waals surface area (Å²) < 4.78 is 4.92. The third kappa shape index (κ3) is 0.692. The van der Waals surface area contributed by atoms with Gasteiger partial charge in [0.25, 0.3) is 0 Å². The first kappa shape index (κ1) is 5.47. The van der Waals surface area contributed by atoms with E-state index in [0.29, 0.717) is 5.58 Å². The standard InChI is InChI=1S/C8H4NO/c1-6-9-7-4-2-3-5-8(7)10-6/h2-5H. The van der Waals surface area contributed by atoms with Crippen molar-refractivity contribution < 1.29 is 4.42 Å². The average Bonchev–Trinajstić information content (AvgIpc) is 2.27. The molecule has 2 rings (SSSR count). The Bertz CT molecular complexity index is 318. The van der Waals surface area contributed by atoms with Gasteiger partial charge in [-0.2, -0.15) is 0 Å². The summed E-state index contributed by atoms with van der Waals surface area (Å²) in [5, 5.41) is 0. The second-order valence-corrected chi connectivity index (χ2v) is 1.99. The van der Waals surface area contributed by atoms with E-state index in [1.807, 2.05) is 18.2 Å². The topological polar surface area (TPSA) is 26.0 Å². The number of fused-ring (bicyclic) bond motifs is 1. The van der Waals surface area contributed by atoms with E-state index in [1.165, 1.54) is 0 Å². The second kappa shape index (κ2) is 1.84. The molecule has 0 atom stereocenters. The van der Waals surface area contributed by atoms with Crippen molar-refractivity contribution in [3.8, 4) is 0 Å². The lowest BCUT2D eigenvalue weighted by Gasteiger charge is -1.79. The molecule has 0 bridgehead atoms. The molecule has 0 aliphatic heterocycles. The summed E-state index contributed by atoms with van der Waals surface area (Å²) in [6.45, 7) is 7.05. The van der Waals surface area contributed by atoms with E-state index in [2.05, 4.69) is 4.98 Å². The van der Waals surface area contributed by atoms with Crippen LogP contribution in [-0.2, 0) is 0 Å². The molecule has 2 aromatic rings. The summed E-state index contributed by atoms with van der Waals surface area (Å²) in [6, 6.07) is 7.33. The van der Waals surface area contributed by atoms with Crippen LogP contribution in [0.1, 0.15) is 5.89 Å². The van der Waals surface area contributed by atoms with Crippen molar-refractivity contribution in [1.82, 2.24) is 4.98 Å². The Balaban J connectivity index is 2.88. The van der Waals surface area contributed by atoms with Crippen LogP contribution in [0.25, 0.3) is 11.1 Å². The van der Waals surface area contributed by atoms with Gasteiger partial charge in [-0.15, -0.1) is 0 Å². The monoisotopic (exact) mass is 130 g/mol. The number of hydrogen-bond acceptors (Lipinski definition) is 2. The van der Waals surface area contributed by atoms with Gasteiger partial charge < -0.3 is 4.42 Å². The predicted octanol–water partition coefficient (Wildman–Crippen LogP) is 1.76. The lowest BCUT2D eigenvalue weighted by molar-refractivity contribution is 0.579. The Morgan fingerprint density at radius 1 is 1.30 bits per heavy atom. The van der Waals surface area contributed by atoms with Gasteiger partial charge in [0.1, 0.15) is 5.52 Å². The summed E-state index contributed by atoms with van der Waals surface area (Å²) in [5.41, 5.74) is 1.42. The zero-order valence-corrected chi connectivity index (χ0v) is 5.16. The van der Waals surface area contributed by atoms with Crippen LogP contribution in [-0.4, -0.2) is 4.98 Å². The van der Waals surface area contributed by atoms with Crippen molar-refractivity contribution in [2.45, 2.75) is 0 Å². The van der Waals surface area contributed by atoms with Gasteiger partial charge in [0.05, 0.1) is 6.92 Å². The van der Waals surface area contributed by atoms with E-state index in [9.17, 15) is 0 Å². The Kier molecular flexibility index (Phi) is 1.01. The average molecular weight is 130 g/mol. The highest BCUT2D eigenvalue weighted by atomic mass is 16.3. The molecule has 1 aromatic carbocycles. The molecule has 1 aromatic heterocycles. The molecule has 0 aliphatic rings. The third-order valence-corrected chi connectivity index (χ3v) is 1.29. The molecule has 0 saturated carbocycles. The molecule has 0 N–H and O–H groups in total. The molecule has 3 radical (unpaired) electrons. The van der Waals surface area contributed by atoms with Gasteiger partial charge in [0.2, 0.25) is 5.89 Å². The largest absolute Gasteiger partial charge is 0.440 e. The molecule has 2 nitrogen and oxygen atoms in total. The summed E-state index contributed by atoms with van der Waals surface area (Å²) in [7, 11) is 0. The van der Waals surface area contributed by atoms with E-state index >= 15 is 0 Å². The lowest BCUT2D eigenvalue weighted by atomic mass is 10.3. The van der Waals surface area contributed by atoms with Gasteiger partial charge in [0.15, 0.2) is 5.58 Å². The Hall–Kier alpha value is -1.31. The van der Waals surface area contributed by atoms with Gasteiger partial charge in [-0.05, 0) is 12.1 Å². The highest BCUT2D eigenvalue weighted by Crippen LogP contribution is 2.12. The Morgan fingerprint density at radius 3 is 2.90 bits per heavy atom. The molecule has 47 valence electrons. The first-order valence-corrected chi connectivity index (χ1v) is 2.93. The summed E-state index contributed by atoms with van der Waals surface area (Å²) >= 11 is 0. The van der Waals surface area contributed by atoms with E-state index in [-0.39, 0.29) is 5.89 Å². The normalized spacial score (nSPS) is 10.5. The third-order valence-electron chi connectivity index (χ3n) is 1.29. The Labute approximate surface area is 58.5 Å². The van der Waals surface area contributed by atoms with Crippen molar-refractivity contribution in [3.63, 3.8) is 0 Å². The maximum absolute atomic E-state index is 7.05. The Morgan fingerprint density at radius 2 is 2.10 bits per heavy atom. The zero-order chi connectivity index (χ0) is 6.97. The van der Waals surface area contributed by atoms with Gasteiger partial charge in [-0.3, -0.25) is 0 Å². The molecule has 0 amide bonds. The van der Waals surface area contributed by atoms with E-state index in [4.69, 9.17) is 11.3 Å².